The molecule has 1 N–H and O–H groups in total. The molecule has 0 spiro atoms. The lowest BCUT2D eigenvalue weighted by Gasteiger charge is -2.46. The highest BCUT2D eigenvalue weighted by atomic mass is 16.2. The van der Waals surface area contributed by atoms with Crippen molar-refractivity contribution in [1.82, 2.24) is 25.1 Å². The Kier molecular flexibility index (Phi) is 9.07. The van der Waals surface area contributed by atoms with E-state index in [1.807, 2.05) is 121 Å². The fourth-order valence-corrected chi connectivity index (χ4v) is 5.94. The van der Waals surface area contributed by atoms with Crippen LogP contribution in [0.15, 0.2) is 84.9 Å². The van der Waals surface area contributed by atoms with Crippen LogP contribution in [-0.4, -0.2) is 83.6 Å². The number of hydrogen-bond donors (Lipinski definition) is 1. The van der Waals surface area contributed by atoms with Crippen LogP contribution in [0.25, 0.3) is 0 Å². The third-order valence-electron chi connectivity index (χ3n) is 7.94. The van der Waals surface area contributed by atoms with Crippen molar-refractivity contribution in [1.29, 1.82) is 0 Å². The van der Waals surface area contributed by atoms with Crippen LogP contribution in [0.3, 0.4) is 0 Å². The van der Waals surface area contributed by atoms with E-state index < -0.39 is 12.2 Å². The molecule has 2 saturated heterocycles. The van der Waals surface area contributed by atoms with E-state index in [1.54, 1.807) is 9.91 Å². The van der Waals surface area contributed by atoms with Crippen molar-refractivity contribution >= 4 is 23.5 Å². The molecular formula is C33H40N6O3. The second kappa shape index (κ2) is 13.1. The van der Waals surface area contributed by atoms with Crippen LogP contribution in [-0.2, 0) is 29.1 Å². The van der Waals surface area contributed by atoms with Crippen molar-refractivity contribution in [3.05, 3.63) is 102 Å². The molecule has 0 bridgehead atoms. The van der Waals surface area contributed by atoms with Gasteiger partial charge in [-0.3, -0.25) is 14.6 Å². The summed E-state index contributed by atoms with van der Waals surface area (Å²) in [6, 6.07) is 26.7. The summed E-state index contributed by atoms with van der Waals surface area (Å²) in [5.74, 6) is -0.214. The van der Waals surface area contributed by atoms with E-state index in [1.165, 1.54) is 0 Å². The van der Waals surface area contributed by atoms with Gasteiger partial charge in [-0.15, -0.1) is 0 Å². The second-order valence-corrected chi connectivity index (χ2v) is 11.1. The Bertz CT molecular complexity index is 1380. The van der Waals surface area contributed by atoms with Gasteiger partial charge in [0.15, 0.2) is 0 Å². The van der Waals surface area contributed by atoms with Gasteiger partial charge in [-0.1, -0.05) is 85.8 Å². The average molecular weight is 569 g/mol. The monoisotopic (exact) mass is 568 g/mol. The highest BCUT2D eigenvalue weighted by molar-refractivity contribution is 5.92. The molecule has 5 rings (SSSR count). The fraction of sp³-hybridized carbons (Fsp3) is 0.364. The summed E-state index contributed by atoms with van der Waals surface area (Å²) < 4.78 is 0. The minimum atomic E-state index is -0.661. The van der Waals surface area contributed by atoms with Crippen LogP contribution >= 0.6 is 0 Å². The molecule has 3 aromatic rings. The van der Waals surface area contributed by atoms with Crippen LogP contribution < -0.4 is 10.2 Å². The molecule has 220 valence electrons. The zero-order valence-corrected chi connectivity index (χ0v) is 24.6. The lowest BCUT2D eigenvalue weighted by atomic mass is 9.99. The number of urea groups is 1. The van der Waals surface area contributed by atoms with Crippen LogP contribution in [0.1, 0.15) is 30.0 Å². The van der Waals surface area contributed by atoms with Gasteiger partial charge >= 0.3 is 6.03 Å². The Hall–Kier alpha value is -4.37. The van der Waals surface area contributed by atoms with E-state index >= 15 is 0 Å². The number of hydrogen-bond acceptors (Lipinski definition) is 5. The number of benzene rings is 3. The summed E-state index contributed by atoms with van der Waals surface area (Å²) in [5, 5.41) is 6.55. The number of fused-ring (bicyclic) bond motifs is 1. The largest absolute Gasteiger partial charge is 0.377 e. The number of para-hydroxylation sites is 1. The minimum Gasteiger partial charge on any atom is -0.377 e. The normalized spacial score (nSPS) is 18.6. The maximum absolute atomic E-state index is 14.1. The first-order chi connectivity index (χ1) is 20.4. The quantitative estimate of drug-likeness (QED) is 0.404. The molecule has 0 radical (unpaired) electrons. The molecule has 0 unspecified atom stereocenters. The van der Waals surface area contributed by atoms with Crippen LogP contribution in [0.5, 0.6) is 0 Å². The first kappa shape index (κ1) is 29.1. The summed E-state index contributed by atoms with van der Waals surface area (Å²) >= 11 is 0. The predicted octanol–water partition coefficient (Wildman–Crippen LogP) is 3.71. The zero-order chi connectivity index (χ0) is 29.6. The lowest BCUT2D eigenvalue weighted by molar-refractivity contribution is -0.157. The average Bonchev–Trinajstić information content (AvgIpc) is 3.33. The lowest BCUT2D eigenvalue weighted by Crippen LogP contribution is -2.66. The van der Waals surface area contributed by atoms with Gasteiger partial charge in [-0.25, -0.2) is 4.79 Å². The molecule has 0 aromatic heterocycles. The second-order valence-electron chi connectivity index (χ2n) is 11.1. The van der Waals surface area contributed by atoms with Gasteiger partial charge in [-0.05, 0) is 29.2 Å². The molecular weight excluding hydrogens is 528 g/mol. The molecule has 3 aromatic carbocycles. The molecule has 2 fully saturated rings. The topological polar surface area (TPSA) is 79.4 Å². The van der Waals surface area contributed by atoms with E-state index in [2.05, 4.69) is 5.32 Å². The number of hydrazine groups is 1. The van der Waals surface area contributed by atoms with E-state index in [4.69, 9.17) is 0 Å². The number of nitrogens with one attached hydrogen (secondary N) is 1. The molecule has 9 heteroatoms. The number of nitrogens with zero attached hydrogens (tertiary/aromatic N) is 5. The molecule has 2 aliphatic heterocycles. The number of rotatable bonds is 10. The van der Waals surface area contributed by atoms with Crippen molar-refractivity contribution in [2.24, 2.45) is 0 Å². The molecule has 0 saturated carbocycles. The summed E-state index contributed by atoms with van der Waals surface area (Å²) in [4.78, 5) is 46.9. The Labute approximate surface area is 248 Å². The van der Waals surface area contributed by atoms with Crippen molar-refractivity contribution < 1.29 is 14.4 Å². The number of amides is 4. The van der Waals surface area contributed by atoms with Gasteiger partial charge in [0.05, 0.1) is 13.1 Å². The van der Waals surface area contributed by atoms with Gasteiger partial charge in [0, 0.05) is 45.8 Å². The highest BCUT2D eigenvalue weighted by Gasteiger charge is 2.52. The third kappa shape index (κ3) is 6.26. The predicted molar refractivity (Wildman–Crippen MR) is 163 cm³/mol. The molecule has 2 heterocycles. The Morgan fingerprint density at radius 2 is 1.55 bits per heavy atom. The smallest absolute Gasteiger partial charge is 0.332 e. The van der Waals surface area contributed by atoms with E-state index in [-0.39, 0.29) is 24.4 Å². The SMILES string of the molecule is CCCN(C(=O)NCc1ccccc1)N1CC(=O)N2[C@@H](Cc3ccccc3)C(=O)N(Cc3ccccc3N(C)C)C[C@@H]21. The standard InChI is InChI=1S/C33H40N6O3/c1-4-19-37(33(42)34-21-26-15-9-6-10-16-26)38-24-31(40)39-29(20-25-13-7-5-8-14-25)32(41)36(23-30(38)39)22-27-17-11-12-18-28(27)35(2)3/h5-18,29-30H,4,19-24H2,1-3H3,(H,34,42)/t29-,30+/m0/s1. The van der Waals surface area contributed by atoms with Crippen molar-refractivity contribution in [2.75, 3.05) is 38.6 Å². The number of anilines is 1. The van der Waals surface area contributed by atoms with Crippen molar-refractivity contribution in [3.8, 4) is 0 Å². The fourth-order valence-electron chi connectivity index (χ4n) is 5.94. The molecule has 4 amide bonds. The molecule has 2 atom stereocenters. The van der Waals surface area contributed by atoms with Gasteiger partial charge in [0.1, 0.15) is 12.2 Å². The molecule has 2 aliphatic rings. The maximum Gasteiger partial charge on any atom is 0.332 e. The summed E-state index contributed by atoms with van der Waals surface area (Å²) in [7, 11) is 3.98. The number of piperazine rings is 1. The molecule has 0 aliphatic carbocycles. The Balaban J connectivity index is 1.45. The highest BCUT2D eigenvalue weighted by Crippen LogP contribution is 2.31. The van der Waals surface area contributed by atoms with Crippen LogP contribution in [0.4, 0.5) is 10.5 Å². The summed E-state index contributed by atoms with van der Waals surface area (Å²) in [6.45, 7) is 3.63. The summed E-state index contributed by atoms with van der Waals surface area (Å²) in [5.41, 5.74) is 4.06. The first-order valence-corrected chi connectivity index (χ1v) is 14.6. The Morgan fingerprint density at radius 3 is 2.21 bits per heavy atom. The van der Waals surface area contributed by atoms with E-state index in [9.17, 15) is 14.4 Å². The minimum absolute atomic E-state index is 0.0458. The van der Waals surface area contributed by atoms with Gasteiger partial charge in [0.2, 0.25) is 11.8 Å². The van der Waals surface area contributed by atoms with Crippen LogP contribution in [0.2, 0.25) is 0 Å². The van der Waals surface area contributed by atoms with Gasteiger partial charge in [0.25, 0.3) is 0 Å². The summed E-state index contributed by atoms with van der Waals surface area (Å²) in [6.07, 6.45) is 0.683. The van der Waals surface area contributed by atoms with Gasteiger partial charge < -0.3 is 20.0 Å². The number of carbonyl (C=O) groups excluding carboxylic acids is 3. The van der Waals surface area contributed by atoms with Crippen molar-refractivity contribution in [2.45, 2.75) is 45.1 Å². The number of carbonyl (C=O) groups is 3. The van der Waals surface area contributed by atoms with E-state index in [0.717, 1.165) is 28.8 Å². The maximum atomic E-state index is 14.1. The molecule has 42 heavy (non-hydrogen) atoms. The van der Waals surface area contributed by atoms with Gasteiger partial charge in [-0.2, -0.15) is 5.01 Å². The van der Waals surface area contributed by atoms with E-state index in [0.29, 0.717) is 32.6 Å². The first-order valence-electron chi connectivity index (χ1n) is 14.6. The van der Waals surface area contributed by atoms with Crippen molar-refractivity contribution in [3.63, 3.8) is 0 Å². The zero-order valence-electron chi connectivity index (χ0n) is 24.6. The third-order valence-corrected chi connectivity index (χ3v) is 7.94. The Morgan fingerprint density at radius 1 is 0.905 bits per heavy atom. The molecule has 9 nitrogen and oxygen atoms in total. The van der Waals surface area contributed by atoms with Crippen LogP contribution in [0, 0.1) is 0 Å².